The predicted molar refractivity (Wildman–Crippen MR) is 166 cm³/mol. The van der Waals surface area contributed by atoms with Crippen molar-refractivity contribution < 1.29 is 29.1 Å². The summed E-state index contributed by atoms with van der Waals surface area (Å²) in [5.41, 5.74) is 2.29. The lowest BCUT2D eigenvalue weighted by molar-refractivity contribution is -0.142. The van der Waals surface area contributed by atoms with Gasteiger partial charge in [0, 0.05) is 25.8 Å². The topological polar surface area (TPSA) is 157 Å². The minimum atomic E-state index is -1.06. The highest BCUT2D eigenvalue weighted by molar-refractivity contribution is 5.97. The van der Waals surface area contributed by atoms with Gasteiger partial charge in [0.1, 0.15) is 29.9 Å². The molecule has 0 aromatic heterocycles. The van der Waals surface area contributed by atoms with E-state index in [1.165, 1.54) is 17.0 Å². The number of hydrogen-bond donors (Lipinski definition) is 5. The highest BCUT2D eigenvalue weighted by atomic mass is 16.3. The van der Waals surface area contributed by atoms with Gasteiger partial charge in [-0.05, 0) is 41.7 Å². The highest BCUT2D eigenvalue weighted by Crippen LogP contribution is 2.21. The monoisotopic (exact) mass is 611 g/mol. The van der Waals surface area contributed by atoms with Gasteiger partial charge in [-0.1, -0.05) is 72.8 Å². The van der Waals surface area contributed by atoms with Crippen LogP contribution >= 0.6 is 0 Å². The number of aromatic hydroxyl groups is 1. The Morgan fingerprint density at radius 1 is 0.622 bits per heavy atom. The summed E-state index contributed by atoms with van der Waals surface area (Å²) in [6, 6.07) is 20.7. The zero-order valence-corrected chi connectivity index (χ0v) is 24.8. The maximum absolute atomic E-state index is 14.1. The second kappa shape index (κ2) is 14.5. The fourth-order valence-electron chi connectivity index (χ4n) is 5.77. The van der Waals surface area contributed by atoms with Crippen LogP contribution in [0, 0.1) is 0 Å². The number of nitrogens with one attached hydrogen (secondary N) is 4. The van der Waals surface area contributed by atoms with E-state index in [-0.39, 0.29) is 25.0 Å². The first kappa shape index (κ1) is 31.2. The van der Waals surface area contributed by atoms with Crippen LogP contribution in [0.15, 0.2) is 84.9 Å². The Bertz CT molecular complexity index is 1520. The number of phenols is 1. The van der Waals surface area contributed by atoms with Crippen LogP contribution in [-0.2, 0) is 43.2 Å². The van der Waals surface area contributed by atoms with Gasteiger partial charge in [-0.15, -0.1) is 0 Å². The van der Waals surface area contributed by atoms with Crippen molar-refractivity contribution in [3.8, 4) is 5.75 Å². The maximum atomic E-state index is 14.1. The number of phenolic OH excluding ortho intramolecular Hbond substituents is 1. The van der Waals surface area contributed by atoms with Crippen molar-refractivity contribution >= 4 is 29.5 Å². The van der Waals surface area contributed by atoms with E-state index in [1.54, 1.807) is 12.1 Å². The van der Waals surface area contributed by atoms with E-state index in [0.717, 1.165) is 11.1 Å². The molecule has 2 heterocycles. The Morgan fingerprint density at radius 2 is 1.16 bits per heavy atom. The Morgan fingerprint density at radius 3 is 1.78 bits per heavy atom. The van der Waals surface area contributed by atoms with Crippen LogP contribution in [0.3, 0.4) is 0 Å². The molecule has 0 saturated carbocycles. The largest absolute Gasteiger partial charge is 0.508 e. The van der Waals surface area contributed by atoms with Crippen molar-refractivity contribution in [3.05, 3.63) is 102 Å². The van der Waals surface area contributed by atoms with E-state index in [0.29, 0.717) is 24.9 Å². The van der Waals surface area contributed by atoms with Gasteiger partial charge >= 0.3 is 0 Å². The van der Waals surface area contributed by atoms with E-state index in [9.17, 15) is 29.1 Å². The first-order valence-corrected chi connectivity index (χ1v) is 15.1. The van der Waals surface area contributed by atoms with Gasteiger partial charge in [0.05, 0.1) is 6.54 Å². The number of hydrogen-bond acceptors (Lipinski definition) is 6. The molecule has 11 nitrogen and oxygen atoms in total. The molecule has 234 valence electrons. The summed E-state index contributed by atoms with van der Waals surface area (Å²) in [7, 11) is 0. The summed E-state index contributed by atoms with van der Waals surface area (Å²) in [5, 5.41) is 20.8. The molecule has 45 heavy (non-hydrogen) atoms. The fraction of sp³-hybridized carbons (Fsp3) is 0.324. The number of rotatable bonds is 6. The van der Waals surface area contributed by atoms with Gasteiger partial charge in [-0.2, -0.15) is 0 Å². The number of amides is 5. The summed E-state index contributed by atoms with van der Waals surface area (Å²) < 4.78 is 0. The van der Waals surface area contributed by atoms with Crippen molar-refractivity contribution in [1.29, 1.82) is 0 Å². The lowest BCUT2D eigenvalue weighted by atomic mass is 10.0. The van der Waals surface area contributed by atoms with Crippen molar-refractivity contribution in [2.75, 3.05) is 13.1 Å². The third-order valence-electron chi connectivity index (χ3n) is 8.10. The SMILES string of the molecule is O=C1CNC(=O)[C@H](Cc2ccccc2)NC(=O)[C@@H]2CCCN2C(=O)[C@H](Cc2ccc(O)cc2)NC(=O)[C@H](Cc2ccccc2)N1. The van der Waals surface area contributed by atoms with Gasteiger partial charge < -0.3 is 31.3 Å². The smallest absolute Gasteiger partial charge is 0.246 e. The predicted octanol–water partition coefficient (Wildman–Crippen LogP) is 0.995. The normalized spacial score (nSPS) is 23.1. The number of carbonyl (C=O) groups is 5. The third kappa shape index (κ3) is 8.26. The molecule has 0 radical (unpaired) electrons. The molecule has 2 saturated heterocycles. The summed E-state index contributed by atoms with van der Waals surface area (Å²) in [4.78, 5) is 69.4. The maximum Gasteiger partial charge on any atom is 0.246 e. The zero-order valence-electron chi connectivity index (χ0n) is 24.8. The van der Waals surface area contributed by atoms with Crippen LogP contribution in [-0.4, -0.2) is 76.8 Å². The third-order valence-corrected chi connectivity index (χ3v) is 8.10. The van der Waals surface area contributed by atoms with Gasteiger partial charge in [0.2, 0.25) is 29.5 Å². The van der Waals surface area contributed by atoms with Crippen molar-refractivity contribution in [2.24, 2.45) is 0 Å². The molecule has 5 rings (SSSR count). The van der Waals surface area contributed by atoms with Crippen LogP contribution in [0.25, 0.3) is 0 Å². The average molecular weight is 612 g/mol. The molecule has 0 unspecified atom stereocenters. The Labute approximate surface area is 261 Å². The molecule has 3 aromatic rings. The molecule has 2 aliphatic rings. The molecular weight excluding hydrogens is 574 g/mol. The van der Waals surface area contributed by atoms with E-state index in [4.69, 9.17) is 0 Å². The van der Waals surface area contributed by atoms with Crippen LogP contribution < -0.4 is 21.3 Å². The highest BCUT2D eigenvalue weighted by Gasteiger charge is 2.40. The first-order valence-electron chi connectivity index (χ1n) is 15.1. The minimum absolute atomic E-state index is 0.0614. The number of carbonyl (C=O) groups excluding carboxylic acids is 5. The van der Waals surface area contributed by atoms with Crippen LogP contribution in [0.4, 0.5) is 0 Å². The number of fused-ring (bicyclic) bond motifs is 1. The molecule has 2 fully saturated rings. The Kier molecular flexibility index (Phi) is 10.1. The molecule has 5 amide bonds. The lowest BCUT2D eigenvalue weighted by Gasteiger charge is -2.30. The summed E-state index contributed by atoms with van der Waals surface area (Å²) in [5.74, 6) is -2.59. The second-order valence-corrected chi connectivity index (χ2v) is 11.4. The van der Waals surface area contributed by atoms with Crippen molar-refractivity contribution in [3.63, 3.8) is 0 Å². The van der Waals surface area contributed by atoms with E-state index in [2.05, 4.69) is 21.3 Å². The Hall–Kier alpha value is -5.19. The van der Waals surface area contributed by atoms with Crippen molar-refractivity contribution in [1.82, 2.24) is 26.2 Å². The van der Waals surface area contributed by atoms with Crippen LogP contribution in [0.1, 0.15) is 29.5 Å². The molecule has 0 aliphatic carbocycles. The molecular formula is C34H37N5O6. The second-order valence-electron chi connectivity index (χ2n) is 11.4. The molecule has 0 spiro atoms. The Balaban J connectivity index is 1.47. The van der Waals surface area contributed by atoms with Gasteiger partial charge in [0.15, 0.2) is 0 Å². The van der Waals surface area contributed by atoms with Gasteiger partial charge in [-0.25, -0.2) is 0 Å². The molecule has 11 heteroatoms. The van der Waals surface area contributed by atoms with E-state index in [1.807, 2.05) is 60.7 Å². The van der Waals surface area contributed by atoms with Crippen LogP contribution in [0.2, 0.25) is 0 Å². The summed E-state index contributed by atoms with van der Waals surface area (Å²) >= 11 is 0. The zero-order chi connectivity index (χ0) is 31.8. The molecule has 0 bridgehead atoms. The number of nitrogens with zero attached hydrogens (tertiary/aromatic N) is 1. The standard InChI is InChI=1S/C34H37N5O6/c40-25-15-13-24(14-16-25)20-28-34(45)39-17-7-12-29(39)33(44)37-26(18-22-8-3-1-4-9-22)31(42)35-21-30(41)36-27(32(43)38-28)19-23-10-5-2-6-11-23/h1-6,8-11,13-16,26-29,40H,7,12,17-21H2,(H,35,42)(H,36,41)(H,37,44)(H,38,43)/t26-,27-,28-,29-/m0/s1. The van der Waals surface area contributed by atoms with E-state index >= 15 is 0 Å². The molecule has 3 aromatic carbocycles. The van der Waals surface area contributed by atoms with Crippen molar-refractivity contribution in [2.45, 2.75) is 56.3 Å². The lowest BCUT2D eigenvalue weighted by Crippen LogP contribution is -2.58. The quantitative estimate of drug-likeness (QED) is 0.280. The first-order chi connectivity index (χ1) is 21.8. The average Bonchev–Trinajstić information content (AvgIpc) is 3.54. The summed E-state index contributed by atoms with van der Waals surface area (Å²) in [6.07, 6.45) is 1.40. The fourth-order valence-corrected chi connectivity index (χ4v) is 5.77. The molecule has 2 aliphatic heterocycles. The minimum Gasteiger partial charge on any atom is -0.508 e. The van der Waals surface area contributed by atoms with Gasteiger partial charge in [0.25, 0.3) is 0 Å². The molecule has 4 atom stereocenters. The number of benzene rings is 3. The van der Waals surface area contributed by atoms with E-state index < -0.39 is 60.2 Å². The summed E-state index contributed by atoms with van der Waals surface area (Å²) in [6.45, 7) is -0.109. The molecule has 5 N–H and O–H groups in total. The van der Waals surface area contributed by atoms with Gasteiger partial charge in [-0.3, -0.25) is 24.0 Å². The van der Waals surface area contributed by atoms with Crippen LogP contribution in [0.5, 0.6) is 5.75 Å².